The maximum atomic E-state index is 13.1. The molecule has 1 saturated heterocycles. The molecule has 9 heteroatoms. The van der Waals surface area contributed by atoms with Gasteiger partial charge in [0.15, 0.2) is 0 Å². The minimum atomic E-state index is -0.194. The largest absolute Gasteiger partial charge is 0.378 e. The second kappa shape index (κ2) is 8.97. The summed E-state index contributed by atoms with van der Waals surface area (Å²) >= 11 is 1.32. The molecule has 0 saturated carbocycles. The van der Waals surface area contributed by atoms with Gasteiger partial charge in [-0.25, -0.2) is 9.97 Å². The number of nitrogens with zero attached hydrogens (tertiary/aromatic N) is 5. The normalized spacial score (nSPS) is 14.0. The number of hydrogen-bond acceptors (Lipinski definition) is 8. The first-order valence-electron chi connectivity index (χ1n) is 10.4. The lowest BCUT2D eigenvalue weighted by molar-refractivity contribution is 0.102. The summed E-state index contributed by atoms with van der Waals surface area (Å²) in [6.07, 6.45) is 3.94. The Kier molecular flexibility index (Phi) is 5.74. The summed E-state index contributed by atoms with van der Waals surface area (Å²) in [6.45, 7) is 4.89. The van der Waals surface area contributed by atoms with E-state index in [1.165, 1.54) is 11.5 Å². The summed E-state index contributed by atoms with van der Waals surface area (Å²) in [4.78, 5) is 29.8. The number of amides is 1. The number of pyridine rings is 1. The van der Waals surface area contributed by atoms with Crippen molar-refractivity contribution in [3.05, 3.63) is 70.6 Å². The Hall–Kier alpha value is -3.43. The van der Waals surface area contributed by atoms with Gasteiger partial charge in [0.05, 0.1) is 53.1 Å². The first kappa shape index (κ1) is 20.5. The zero-order valence-electron chi connectivity index (χ0n) is 17.6. The molecule has 0 bridgehead atoms. The van der Waals surface area contributed by atoms with Gasteiger partial charge in [-0.15, -0.1) is 0 Å². The van der Waals surface area contributed by atoms with Crippen LogP contribution in [0.5, 0.6) is 0 Å². The monoisotopic (exact) mass is 446 g/mol. The highest BCUT2D eigenvalue weighted by Crippen LogP contribution is 2.24. The number of hydrogen-bond donors (Lipinski definition) is 1. The van der Waals surface area contributed by atoms with Crippen LogP contribution in [0.2, 0.25) is 0 Å². The highest BCUT2D eigenvalue weighted by molar-refractivity contribution is 7.06. The molecule has 1 amide bonds. The van der Waals surface area contributed by atoms with E-state index in [4.69, 9.17) is 4.74 Å². The average molecular weight is 447 g/mol. The van der Waals surface area contributed by atoms with E-state index in [0.717, 1.165) is 40.5 Å². The van der Waals surface area contributed by atoms with Gasteiger partial charge in [0.25, 0.3) is 5.91 Å². The van der Waals surface area contributed by atoms with Crippen LogP contribution in [0.25, 0.3) is 11.0 Å². The lowest BCUT2D eigenvalue weighted by Gasteiger charge is -2.27. The number of para-hydroxylation sites is 2. The molecule has 1 aromatic carbocycles. The lowest BCUT2D eigenvalue weighted by atomic mass is 10.1. The van der Waals surface area contributed by atoms with Gasteiger partial charge in [-0.3, -0.25) is 9.78 Å². The van der Waals surface area contributed by atoms with E-state index in [0.29, 0.717) is 36.6 Å². The molecule has 32 heavy (non-hydrogen) atoms. The van der Waals surface area contributed by atoms with E-state index >= 15 is 0 Å². The minimum absolute atomic E-state index is 0.194. The van der Waals surface area contributed by atoms with Crippen LogP contribution in [0.15, 0.2) is 48.8 Å². The minimum Gasteiger partial charge on any atom is -0.378 e. The molecule has 0 radical (unpaired) electrons. The third kappa shape index (κ3) is 4.30. The summed E-state index contributed by atoms with van der Waals surface area (Å²) in [7, 11) is 0. The number of carbonyl (C=O) groups is 1. The molecule has 1 fully saturated rings. The number of fused-ring (bicyclic) bond motifs is 1. The number of rotatable bonds is 5. The highest BCUT2D eigenvalue weighted by atomic mass is 32.1. The fraction of sp³-hybridized carbons (Fsp3) is 0.261. The van der Waals surface area contributed by atoms with Crippen LogP contribution < -0.4 is 10.2 Å². The predicted molar refractivity (Wildman–Crippen MR) is 124 cm³/mol. The Bertz CT molecular complexity index is 1250. The van der Waals surface area contributed by atoms with Crippen molar-refractivity contribution in [3.8, 4) is 0 Å². The van der Waals surface area contributed by atoms with Crippen molar-refractivity contribution in [1.29, 1.82) is 0 Å². The van der Waals surface area contributed by atoms with Crippen LogP contribution in [0.3, 0.4) is 0 Å². The molecule has 5 rings (SSSR count). The molecule has 4 heterocycles. The van der Waals surface area contributed by atoms with Crippen molar-refractivity contribution >= 4 is 40.0 Å². The van der Waals surface area contributed by atoms with Gasteiger partial charge >= 0.3 is 0 Å². The third-order valence-corrected chi connectivity index (χ3v) is 6.28. The topological polar surface area (TPSA) is 93.1 Å². The quantitative estimate of drug-likeness (QED) is 0.502. The SMILES string of the molecule is Cc1nsc(Cc2cnc3ccccc3n2)c1C(=O)Nc1ccc(N2CCOCC2)nc1. The van der Waals surface area contributed by atoms with Gasteiger partial charge in [0, 0.05) is 30.6 Å². The fourth-order valence-corrected chi connectivity index (χ4v) is 4.59. The Balaban J connectivity index is 1.32. The molecule has 0 spiro atoms. The molecule has 1 aliphatic rings. The lowest BCUT2D eigenvalue weighted by Crippen LogP contribution is -2.36. The number of anilines is 2. The van der Waals surface area contributed by atoms with Crippen molar-refractivity contribution in [3.63, 3.8) is 0 Å². The fourth-order valence-electron chi connectivity index (χ4n) is 3.71. The molecule has 1 aliphatic heterocycles. The van der Waals surface area contributed by atoms with Crippen LogP contribution in [0.4, 0.5) is 11.5 Å². The number of benzene rings is 1. The molecular formula is C23H22N6O2S. The third-order valence-electron chi connectivity index (χ3n) is 5.34. The Morgan fingerprint density at radius 1 is 1.09 bits per heavy atom. The average Bonchev–Trinajstić information content (AvgIpc) is 3.20. The van der Waals surface area contributed by atoms with Gasteiger partial charge < -0.3 is 15.0 Å². The molecule has 1 N–H and O–H groups in total. The zero-order valence-corrected chi connectivity index (χ0v) is 18.4. The summed E-state index contributed by atoms with van der Waals surface area (Å²) < 4.78 is 9.80. The van der Waals surface area contributed by atoms with Crippen LogP contribution in [0.1, 0.15) is 26.6 Å². The number of ether oxygens (including phenoxy) is 1. The molecule has 162 valence electrons. The van der Waals surface area contributed by atoms with E-state index in [-0.39, 0.29) is 5.91 Å². The van der Waals surface area contributed by atoms with E-state index in [2.05, 4.69) is 29.5 Å². The first-order valence-corrected chi connectivity index (χ1v) is 11.2. The number of nitrogens with one attached hydrogen (secondary N) is 1. The smallest absolute Gasteiger partial charge is 0.258 e. The number of morpholine rings is 1. The summed E-state index contributed by atoms with van der Waals surface area (Å²) in [6, 6.07) is 11.5. The van der Waals surface area contributed by atoms with E-state index < -0.39 is 0 Å². The van der Waals surface area contributed by atoms with Crippen molar-refractivity contribution in [1.82, 2.24) is 19.3 Å². The predicted octanol–water partition coefficient (Wildman–Crippen LogP) is 3.47. The Labute approximate surface area is 189 Å². The van der Waals surface area contributed by atoms with E-state index in [1.54, 1.807) is 12.4 Å². The molecular weight excluding hydrogens is 424 g/mol. The van der Waals surface area contributed by atoms with Crippen LogP contribution in [0, 0.1) is 6.92 Å². The molecule has 8 nitrogen and oxygen atoms in total. The second-order valence-corrected chi connectivity index (χ2v) is 8.41. The first-order chi connectivity index (χ1) is 15.7. The van der Waals surface area contributed by atoms with E-state index in [9.17, 15) is 4.79 Å². The highest BCUT2D eigenvalue weighted by Gasteiger charge is 2.20. The van der Waals surface area contributed by atoms with Crippen molar-refractivity contribution < 1.29 is 9.53 Å². The maximum Gasteiger partial charge on any atom is 0.258 e. The molecule has 4 aromatic rings. The zero-order chi connectivity index (χ0) is 21.9. The maximum absolute atomic E-state index is 13.1. The van der Waals surface area contributed by atoms with Crippen LogP contribution >= 0.6 is 11.5 Å². The van der Waals surface area contributed by atoms with Gasteiger partial charge in [0.1, 0.15) is 5.82 Å². The van der Waals surface area contributed by atoms with Crippen molar-refractivity contribution in [2.45, 2.75) is 13.3 Å². The summed E-state index contributed by atoms with van der Waals surface area (Å²) in [5, 5.41) is 2.96. The van der Waals surface area contributed by atoms with Gasteiger partial charge in [-0.05, 0) is 42.7 Å². The second-order valence-electron chi connectivity index (χ2n) is 7.55. The van der Waals surface area contributed by atoms with Gasteiger partial charge in [0.2, 0.25) is 0 Å². The Morgan fingerprint density at radius 2 is 1.91 bits per heavy atom. The van der Waals surface area contributed by atoms with Crippen LogP contribution in [-0.4, -0.2) is 51.5 Å². The summed E-state index contributed by atoms with van der Waals surface area (Å²) in [5.74, 6) is 0.691. The van der Waals surface area contributed by atoms with Crippen LogP contribution in [-0.2, 0) is 11.2 Å². The molecule has 0 unspecified atom stereocenters. The molecule has 0 atom stereocenters. The standard InChI is InChI=1S/C23H22N6O2S/c1-15-22(20(32-28-15)12-17-14-24-18-4-2-3-5-19(18)26-17)23(30)27-16-6-7-21(25-13-16)29-8-10-31-11-9-29/h2-7,13-14H,8-12H2,1H3,(H,27,30). The number of aromatic nitrogens is 4. The Morgan fingerprint density at radius 3 is 2.69 bits per heavy atom. The van der Waals surface area contributed by atoms with Crippen molar-refractivity contribution in [2.75, 3.05) is 36.5 Å². The van der Waals surface area contributed by atoms with Gasteiger partial charge in [-0.1, -0.05) is 12.1 Å². The number of carbonyl (C=O) groups excluding carboxylic acids is 1. The number of aryl methyl sites for hydroxylation is 1. The van der Waals surface area contributed by atoms with Gasteiger partial charge in [-0.2, -0.15) is 4.37 Å². The van der Waals surface area contributed by atoms with Crippen molar-refractivity contribution in [2.24, 2.45) is 0 Å². The molecule has 3 aromatic heterocycles. The van der Waals surface area contributed by atoms with E-state index in [1.807, 2.05) is 43.3 Å². The molecule has 0 aliphatic carbocycles. The summed E-state index contributed by atoms with van der Waals surface area (Å²) in [5.41, 5.74) is 4.43.